The maximum atomic E-state index is 11.3. The molecule has 0 atom stereocenters. The predicted molar refractivity (Wildman–Crippen MR) is 98.0 cm³/mol. The Morgan fingerprint density at radius 3 is 2.68 bits per heavy atom. The number of hydrogen-bond acceptors (Lipinski definition) is 5. The summed E-state index contributed by atoms with van der Waals surface area (Å²) < 4.78 is 0. The van der Waals surface area contributed by atoms with E-state index in [1.54, 1.807) is 18.3 Å². The highest BCUT2D eigenvalue weighted by Gasteiger charge is 2.27. The van der Waals surface area contributed by atoms with Crippen LogP contribution in [0.2, 0.25) is 0 Å². The van der Waals surface area contributed by atoms with Crippen molar-refractivity contribution >= 4 is 33.5 Å². The van der Waals surface area contributed by atoms with Gasteiger partial charge in [-0.15, -0.1) is 0 Å². The number of aromatic nitrogens is 2. The number of rotatable bonds is 2. The lowest BCUT2D eigenvalue weighted by Gasteiger charge is -2.37. The molecule has 0 spiro atoms. The Kier molecular flexibility index (Phi) is 3.58. The van der Waals surface area contributed by atoms with E-state index >= 15 is 0 Å². The van der Waals surface area contributed by atoms with E-state index in [0.29, 0.717) is 5.52 Å². The van der Waals surface area contributed by atoms with Gasteiger partial charge >= 0.3 is 5.97 Å². The molecule has 3 aromatic rings. The molecule has 0 unspecified atom stereocenters. The lowest BCUT2D eigenvalue weighted by Crippen LogP contribution is -2.48. The second kappa shape index (κ2) is 5.67. The first-order chi connectivity index (χ1) is 11.9. The second-order valence-electron chi connectivity index (χ2n) is 7.03. The SMILES string of the molecule is CC1(N)CCN(c2nc3cc(C(=O)O)ccc3c3cnccc23)CC1. The van der Waals surface area contributed by atoms with E-state index in [-0.39, 0.29) is 11.1 Å². The van der Waals surface area contributed by atoms with Gasteiger partial charge < -0.3 is 15.7 Å². The van der Waals surface area contributed by atoms with Gasteiger partial charge in [0.2, 0.25) is 0 Å². The van der Waals surface area contributed by atoms with E-state index in [2.05, 4.69) is 16.8 Å². The van der Waals surface area contributed by atoms with E-state index in [1.807, 2.05) is 18.3 Å². The van der Waals surface area contributed by atoms with E-state index in [9.17, 15) is 9.90 Å². The number of hydrogen-bond donors (Lipinski definition) is 2. The topological polar surface area (TPSA) is 92.3 Å². The van der Waals surface area contributed by atoms with Crippen LogP contribution in [0.25, 0.3) is 21.7 Å². The fraction of sp³-hybridized carbons (Fsp3) is 0.316. The number of nitrogens with two attached hydrogens (primary N) is 1. The monoisotopic (exact) mass is 336 g/mol. The Morgan fingerprint density at radius 1 is 1.20 bits per heavy atom. The number of pyridine rings is 2. The van der Waals surface area contributed by atoms with Crippen molar-refractivity contribution in [3.8, 4) is 0 Å². The molecular formula is C19H20N4O2. The maximum absolute atomic E-state index is 11.3. The van der Waals surface area contributed by atoms with Crippen molar-refractivity contribution in [2.24, 2.45) is 5.73 Å². The van der Waals surface area contributed by atoms with Crippen LogP contribution in [0.5, 0.6) is 0 Å². The zero-order valence-electron chi connectivity index (χ0n) is 14.1. The average molecular weight is 336 g/mol. The third kappa shape index (κ3) is 2.78. The van der Waals surface area contributed by atoms with Crippen LogP contribution in [0, 0.1) is 0 Å². The standard InChI is InChI=1S/C19H20N4O2/c1-19(20)5-8-23(9-6-19)17-14-4-7-21-11-15(14)13-3-2-12(18(24)25)10-16(13)22-17/h2-4,7,10-11H,5-6,8-9,20H2,1H3,(H,24,25). The third-order valence-electron chi connectivity index (χ3n) is 5.03. The maximum Gasteiger partial charge on any atom is 0.335 e. The van der Waals surface area contributed by atoms with Gasteiger partial charge in [0.25, 0.3) is 0 Å². The van der Waals surface area contributed by atoms with Crippen LogP contribution in [0.1, 0.15) is 30.1 Å². The molecule has 0 aliphatic carbocycles. The molecule has 3 heterocycles. The van der Waals surface area contributed by atoms with E-state index in [0.717, 1.165) is 47.9 Å². The van der Waals surface area contributed by atoms with Gasteiger partial charge in [-0.3, -0.25) is 4.98 Å². The normalized spacial score (nSPS) is 17.1. The summed E-state index contributed by atoms with van der Waals surface area (Å²) in [6.07, 6.45) is 5.38. The number of nitrogens with zero attached hydrogens (tertiary/aromatic N) is 3. The minimum atomic E-state index is -0.951. The van der Waals surface area contributed by atoms with Gasteiger partial charge in [0.1, 0.15) is 5.82 Å². The number of piperidine rings is 1. The fourth-order valence-electron chi connectivity index (χ4n) is 3.43. The first-order valence-corrected chi connectivity index (χ1v) is 8.39. The van der Waals surface area contributed by atoms with Crippen molar-refractivity contribution in [1.82, 2.24) is 9.97 Å². The molecule has 0 bridgehead atoms. The van der Waals surface area contributed by atoms with Crippen LogP contribution in [-0.2, 0) is 0 Å². The fourth-order valence-corrected chi connectivity index (χ4v) is 3.43. The minimum absolute atomic E-state index is 0.138. The summed E-state index contributed by atoms with van der Waals surface area (Å²) in [6.45, 7) is 3.75. The number of fused-ring (bicyclic) bond motifs is 3. The Bertz CT molecular complexity index is 974. The molecule has 6 nitrogen and oxygen atoms in total. The van der Waals surface area contributed by atoms with Crippen LogP contribution in [0.3, 0.4) is 0 Å². The molecule has 25 heavy (non-hydrogen) atoms. The molecule has 128 valence electrons. The molecule has 3 N–H and O–H groups in total. The lowest BCUT2D eigenvalue weighted by molar-refractivity contribution is 0.0697. The van der Waals surface area contributed by atoms with Crippen molar-refractivity contribution in [2.75, 3.05) is 18.0 Å². The summed E-state index contributed by atoms with van der Waals surface area (Å²) in [5.74, 6) is -0.0728. The van der Waals surface area contributed by atoms with Crippen molar-refractivity contribution < 1.29 is 9.90 Å². The Hall–Kier alpha value is -2.73. The lowest BCUT2D eigenvalue weighted by atomic mass is 9.91. The molecule has 0 radical (unpaired) electrons. The van der Waals surface area contributed by atoms with Crippen LogP contribution in [0.15, 0.2) is 36.7 Å². The molecule has 4 rings (SSSR count). The van der Waals surface area contributed by atoms with Gasteiger partial charge in [-0.05, 0) is 38.0 Å². The third-order valence-corrected chi connectivity index (χ3v) is 5.03. The average Bonchev–Trinajstić information content (AvgIpc) is 2.60. The van der Waals surface area contributed by atoms with Gasteiger partial charge in [-0.2, -0.15) is 0 Å². The van der Waals surface area contributed by atoms with E-state index < -0.39 is 5.97 Å². The summed E-state index contributed by atoms with van der Waals surface area (Å²) >= 11 is 0. The van der Waals surface area contributed by atoms with Gasteiger partial charge in [-0.1, -0.05) is 6.07 Å². The predicted octanol–water partition coefficient (Wildman–Crippen LogP) is 2.80. The molecule has 1 aromatic carbocycles. The number of carboxylic acids is 1. The van der Waals surface area contributed by atoms with Crippen LogP contribution < -0.4 is 10.6 Å². The number of anilines is 1. The highest BCUT2D eigenvalue weighted by molar-refractivity contribution is 6.11. The van der Waals surface area contributed by atoms with Crippen molar-refractivity contribution in [2.45, 2.75) is 25.3 Å². The molecule has 1 fully saturated rings. The molecule has 2 aromatic heterocycles. The molecule has 1 saturated heterocycles. The summed E-state index contributed by atoms with van der Waals surface area (Å²) in [7, 11) is 0. The molecule has 1 aliphatic rings. The zero-order valence-corrected chi connectivity index (χ0v) is 14.1. The van der Waals surface area contributed by atoms with Gasteiger partial charge in [0, 0.05) is 47.2 Å². The number of benzene rings is 1. The summed E-state index contributed by atoms with van der Waals surface area (Å²) in [5.41, 5.74) is 7.03. The highest BCUT2D eigenvalue weighted by Crippen LogP contribution is 2.33. The van der Waals surface area contributed by atoms with Crippen LogP contribution >= 0.6 is 0 Å². The first kappa shape index (κ1) is 15.8. The van der Waals surface area contributed by atoms with Gasteiger partial charge in [0.05, 0.1) is 11.1 Å². The number of aromatic carboxylic acids is 1. The molecule has 6 heteroatoms. The first-order valence-electron chi connectivity index (χ1n) is 8.39. The Balaban J connectivity index is 1.91. The van der Waals surface area contributed by atoms with Crippen molar-refractivity contribution in [3.63, 3.8) is 0 Å². The van der Waals surface area contributed by atoms with Gasteiger partial charge in [-0.25, -0.2) is 9.78 Å². The number of carbonyl (C=O) groups is 1. The summed E-state index contributed by atoms with van der Waals surface area (Å²) in [6, 6.07) is 7.02. The largest absolute Gasteiger partial charge is 0.478 e. The molecule has 0 saturated carbocycles. The summed E-state index contributed by atoms with van der Waals surface area (Å²) in [5, 5.41) is 12.2. The van der Waals surface area contributed by atoms with Crippen molar-refractivity contribution in [3.05, 3.63) is 42.2 Å². The minimum Gasteiger partial charge on any atom is -0.478 e. The van der Waals surface area contributed by atoms with E-state index in [1.165, 1.54) is 0 Å². The Morgan fingerprint density at radius 2 is 1.96 bits per heavy atom. The molecular weight excluding hydrogens is 316 g/mol. The van der Waals surface area contributed by atoms with E-state index in [4.69, 9.17) is 10.7 Å². The van der Waals surface area contributed by atoms with Crippen molar-refractivity contribution in [1.29, 1.82) is 0 Å². The molecule has 1 aliphatic heterocycles. The molecule has 0 amide bonds. The van der Waals surface area contributed by atoms with Crippen LogP contribution in [0.4, 0.5) is 5.82 Å². The highest BCUT2D eigenvalue weighted by atomic mass is 16.4. The van der Waals surface area contributed by atoms with Gasteiger partial charge in [0.15, 0.2) is 0 Å². The summed E-state index contributed by atoms with van der Waals surface area (Å²) in [4.78, 5) is 22.6. The second-order valence-corrected chi connectivity index (χ2v) is 7.03. The zero-order chi connectivity index (χ0) is 17.6. The Labute approximate surface area is 145 Å². The smallest absolute Gasteiger partial charge is 0.335 e. The van der Waals surface area contributed by atoms with Crippen LogP contribution in [-0.4, -0.2) is 39.7 Å². The quantitative estimate of drug-likeness (QED) is 0.699. The number of carboxylic acid groups (broad SMARTS) is 1.